The molecule has 0 radical (unpaired) electrons. The standard InChI is InChI=1S/C11H10N7/c1-7-3-2-4-8(5-7)18-10(12)9(6-13-18)11-14-16-17-15-11/h2-6H,12H2,1H3/q-1. The topological polar surface area (TPSA) is 96.6 Å². The molecule has 0 saturated carbocycles. The second-order valence-electron chi connectivity index (χ2n) is 3.90. The van der Waals surface area contributed by atoms with Crippen molar-refractivity contribution in [3.05, 3.63) is 36.0 Å². The van der Waals surface area contributed by atoms with Crippen LogP contribution in [0.1, 0.15) is 5.56 Å². The summed E-state index contributed by atoms with van der Waals surface area (Å²) in [4.78, 5) is 0. The Kier molecular flexibility index (Phi) is 2.30. The highest BCUT2D eigenvalue weighted by molar-refractivity contribution is 5.68. The maximum Gasteiger partial charge on any atom is 0.135 e. The molecule has 0 amide bonds. The SMILES string of the molecule is Cc1cccc(-n2ncc(-c3nnn[n-]3)c2N)c1. The highest BCUT2D eigenvalue weighted by atomic mass is 15.5. The highest BCUT2D eigenvalue weighted by Crippen LogP contribution is 2.23. The molecular formula is C11H10N7-. The molecule has 0 saturated heterocycles. The van der Waals surface area contributed by atoms with Crippen LogP contribution in [0.4, 0.5) is 5.82 Å². The third kappa shape index (κ3) is 1.61. The number of hydrogen-bond acceptors (Lipinski definition) is 5. The Balaban J connectivity index is 2.10. The highest BCUT2D eigenvalue weighted by Gasteiger charge is 2.10. The van der Waals surface area contributed by atoms with Gasteiger partial charge >= 0.3 is 0 Å². The van der Waals surface area contributed by atoms with Gasteiger partial charge in [0.25, 0.3) is 0 Å². The van der Waals surface area contributed by atoms with Crippen LogP contribution < -0.4 is 10.8 Å². The van der Waals surface area contributed by atoms with Gasteiger partial charge in [0.1, 0.15) is 5.82 Å². The number of aryl methyl sites for hydroxylation is 1. The second-order valence-corrected chi connectivity index (χ2v) is 3.90. The number of nitrogens with zero attached hydrogens (tertiary/aromatic N) is 6. The summed E-state index contributed by atoms with van der Waals surface area (Å²) >= 11 is 0. The summed E-state index contributed by atoms with van der Waals surface area (Å²) in [5.41, 5.74) is 8.70. The largest absolute Gasteiger partial charge is 0.383 e. The predicted octanol–water partition coefficient (Wildman–Crippen LogP) is 0.572. The Morgan fingerprint density at radius 2 is 2.22 bits per heavy atom. The summed E-state index contributed by atoms with van der Waals surface area (Å²) in [6, 6.07) is 7.89. The van der Waals surface area contributed by atoms with Crippen LogP contribution in [-0.2, 0) is 0 Å². The van der Waals surface area contributed by atoms with Crippen LogP contribution >= 0.6 is 0 Å². The molecule has 18 heavy (non-hydrogen) atoms. The summed E-state index contributed by atoms with van der Waals surface area (Å²) in [6.45, 7) is 2.01. The minimum absolute atomic E-state index is 0.381. The predicted molar refractivity (Wildman–Crippen MR) is 64.9 cm³/mol. The summed E-state index contributed by atoms with van der Waals surface area (Å²) in [6.07, 6.45) is 1.61. The molecule has 3 aromatic rings. The number of tetrazole rings is 1. The molecule has 7 nitrogen and oxygen atoms in total. The van der Waals surface area contributed by atoms with Crippen LogP contribution in [0.25, 0.3) is 17.1 Å². The van der Waals surface area contributed by atoms with Crippen LogP contribution in [0.3, 0.4) is 0 Å². The van der Waals surface area contributed by atoms with Crippen LogP contribution in [0.2, 0.25) is 0 Å². The number of aromatic nitrogens is 6. The first-order valence-corrected chi connectivity index (χ1v) is 5.35. The van der Waals surface area contributed by atoms with Gasteiger partial charge in [-0.2, -0.15) is 10.3 Å². The maximum atomic E-state index is 6.04. The van der Waals surface area contributed by atoms with Gasteiger partial charge in [-0.25, -0.2) is 4.68 Å². The number of rotatable bonds is 2. The van der Waals surface area contributed by atoms with Crippen LogP contribution in [0.5, 0.6) is 0 Å². The van der Waals surface area contributed by atoms with E-state index in [0.29, 0.717) is 17.2 Å². The van der Waals surface area contributed by atoms with E-state index in [1.165, 1.54) is 0 Å². The van der Waals surface area contributed by atoms with Crippen molar-refractivity contribution in [2.24, 2.45) is 0 Å². The lowest BCUT2D eigenvalue weighted by atomic mass is 10.2. The van der Waals surface area contributed by atoms with Gasteiger partial charge < -0.3 is 10.8 Å². The molecule has 0 aliphatic carbocycles. The quantitative estimate of drug-likeness (QED) is 0.703. The van der Waals surface area contributed by atoms with Gasteiger partial charge in [0.05, 0.1) is 17.4 Å². The zero-order chi connectivity index (χ0) is 12.5. The zero-order valence-electron chi connectivity index (χ0n) is 9.65. The van der Waals surface area contributed by atoms with Crippen LogP contribution in [0, 0.1) is 6.92 Å². The molecule has 0 fully saturated rings. The number of nitrogen functional groups attached to an aromatic ring is 1. The molecule has 0 spiro atoms. The van der Waals surface area contributed by atoms with E-state index in [1.807, 2.05) is 31.2 Å². The van der Waals surface area contributed by atoms with E-state index < -0.39 is 0 Å². The molecule has 0 unspecified atom stereocenters. The van der Waals surface area contributed by atoms with Crippen molar-refractivity contribution in [1.82, 2.24) is 30.4 Å². The third-order valence-corrected chi connectivity index (χ3v) is 2.61. The normalized spacial score (nSPS) is 10.7. The Morgan fingerprint density at radius 3 is 2.94 bits per heavy atom. The summed E-state index contributed by atoms with van der Waals surface area (Å²) < 4.78 is 1.64. The van der Waals surface area contributed by atoms with Crippen molar-refractivity contribution < 1.29 is 0 Å². The molecule has 2 heterocycles. The van der Waals surface area contributed by atoms with Gasteiger partial charge in [-0.15, -0.1) is 0 Å². The van der Waals surface area contributed by atoms with E-state index in [-0.39, 0.29) is 0 Å². The lowest BCUT2D eigenvalue weighted by molar-refractivity contribution is 0.871. The number of anilines is 1. The van der Waals surface area contributed by atoms with Crippen molar-refractivity contribution in [1.29, 1.82) is 0 Å². The smallest absolute Gasteiger partial charge is 0.135 e. The van der Waals surface area contributed by atoms with Crippen molar-refractivity contribution in [2.75, 3.05) is 5.73 Å². The number of hydrogen-bond donors (Lipinski definition) is 1. The van der Waals surface area contributed by atoms with Gasteiger partial charge in [-0.3, -0.25) is 10.3 Å². The van der Waals surface area contributed by atoms with Crippen molar-refractivity contribution in [2.45, 2.75) is 6.92 Å². The molecule has 0 aliphatic heterocycles. The monoisotopic (exact) mass is 240 g/mol. The maximum absolute atomic E-state index is 6.04. The Labute approximate surface area is 103 Å². The van der Waals surface area contributed by atoms with Gasteiger partial charge in [0.15, 0.2) is 0 Å². The first-order chi connectivity index (χ1) is 8.75. The Bertz CT molecular complexity index is 669. The molecular weight excluding hydrogens is 230 g/mol. The van der Waals surface area contributed by atoms with Crippen LogP contribution in [-0.4, -0.2) is 25.3 Å². The molecule has 0 atom stereocenters. The molecule has 90 valence electrons. The van der Waals surface area contributed by atoms with E-state index in [2.05, 4.69) is 25.7 Å². The molecule has 1 aromatic carbocycles. The molecule has 0 bridgehead atoms. The molecule has 0 aliphatic rings. The molecule has 2 N–H and O–H groups in total. The summed E-state index contributed by atoms with van der Waals surface area (Å²) in [7, 11) is 0. The fourth-order valence-corrected chi connectivity index (χ4v) is 1.75. The van der Waals surface area contributed by atoms with Gasteiger partial charge in [0, 0.05) is 5.82 Å². The van der Waals surface area contributed by atoms with E-state index in [0.717, 1.165) is 11.3 Å². The van der Waals surface area contributed by atoms with Crippen molar-refractivity contribution in [3.8, 4) is 17.1 Å². The van der Waals surface area contributed by atoms with E-state index in [4.69, 9.17) is 5.73 Å². The molecule has 3 rings (SSSR count). The summed E-state index contributed by atoms with van der Waals surface area (Å²) in [5, 5.41) is 18.6. The third-order valence-electron chi connectivity index (χ3n) is 2.61. The van der Waals surface area contributed by atoms with E-state index >= 15 is 0 Å². The summed E-state index contributed by atoms with van der Waals surface area (Å²) in [5.74, 6) is 0.849. The lowest BCUT2D eigenvalue weighted by Crippen LogP contribution is -2.02. The first-order valence-electron chi connectivity index (χ1n) is 5.35. The fraction of sp³-hybridized carbons (Fsp3) is 0.0909. The number of nitrogens with two attached hydrogens (primary N) is 1. The lowest BCUT2D eigenvalue weighted by Gasteiger charge is -2.05. The Morgan fingerprint density at radius 1 is 1.33 bits per heavy atom. The number of benzene rings is 1. The van der Waals surface area contributed by atoms with E-state index in [1.54, 1.807) is 10.9 Å². The van der Waals surface area contributed by atoms with Crippen molar-refractivity contribution in [3.63, 3.8) is 0 Å². The minimum Gasteiger partial charge on any atom is -0.383 e. The molecule has 7 heteroatoms. The molecule has 2 aromatic heterocycles. The minimum atomic E-state index is 0.381. The zero-order valence-corrected chi connectivity index (χ0v) is 9.65. The van der Waals surface area contributed by atoms with Crippen molar-refractivity contribution >= 4 is 5.82 Å². The van der Waals surface area contributed by atoms with Crippen LogP contribution in [0.15, 0.2) is 30.5 Å². The average Bonchev–Trinajstić information content (AvgIpc) is 2.97. The van der Waals surface area contributed by atoms with E-state index in [9.17, 15) is 0 Å². The van der Waals surface area contributed by atoms with Gasteiger partial charge in [0.2, 0.25) is 0 Å². The Hall–Kier alpha value is -2.70. The van der Waals surface area contributed by atoms with Gasteiger partial charge in [-0.1, -0.05) is 12.1 Å². The van der Waals surface area contributed by atoms with Gasteiger partial charge in [-0.05, 0) is 24.6 Å². The first kappa shape index (κ1) is 10.5. The average molecular weight is 240 g/mol. The second kappa shape index (κ2) is 3.95. The fourth-order valence-electron chi connectivity index (χ4n) is 1.75.